The molecule has 1 aliphatic carbocycles. The predicted molar refractivity (Wildman–Crippen MR) is 97.1 cm³/mol. The van der Waals surface area contributed by atoms with E-state index >= 15 is 0 Å². The average Bonchev–Trinajstić information content (AvgIpc) is 3.40. The predicted octanol–water partition coefficient (Wildman–Crippen LogP) is 1.96. The minimum Gasteiger partial charge on any atom is -0.497 e. The van der Waals surface area contributed by atoms with Gasteiger partial charge >= 0.3 is 0 Å². The highest BCUT2D eigenvalue weighted by atomic mass is 32.2. The second-order valence-corrected chi connectivity index (χ2v) is 8.62. The highest BCUT2D eigenvalue weighted by Gasteiger charge is 2.40. The fourth-order valence-electron chi connectivity index (χ4n) is 3.70. The minimum atomic E-state index is -3.78. The van der Waals surface area contributed by atoms with E-state index < -0.39 is 16.1 Å². The zero-order chi connectivity index (χ0) is 19.0. The van der Waals surface area contributed by atoms with Crippen LogP contribution in [0, 0.1) is 0 Å². The van der Waals surface area contributed by atoms with Crippen LogP contribution in [-0.4, -0.2) is 43.5 Å². The first-order valence-corrected chi connectivity index (χ1v) is 10.4. The zero-order valence-corrected chi connectivity index (χ0v) is 15.8. The van der Waals surface area contributed by atoms with Crippen LogP contribution >= 0.6 is 0 Å². The van der Waals surface area contributed by atoms with Gasteiger partial charge in [-0.3, -0.25) is 10.1 Å². The largest absolute Gasteiger partial charge is 0.497 e. The molecule has 8 nitrogen and oxygen atoms in total. The third-order valence-corrected chi connectivity index (χ3v) is 7.04. The van der Waals surface area contributed by atoms with Gasteiger partial charge in [0, 0.05) is 12.1 Å². The Morgan fingerprint density at radius 2 is 2.04 bits per heavy atom. The van der Waals surface area contributed by atoms with E-state index in [2.05, 4.69) is 10.5 Å². The van der Waals surface area contributed by atoms with Crippen molar-refractivity contribution in [1.29, 1.82) is 0 Å². The van der Waals surface area contributed by atoms with Crippen LogP contribution < -0.4 is 10.1 Å². The Bertz CT molecular complexity index is 952. The van der Waals surface area contributed by atoms with Crippen LogP contribution in [0.2, 0.25) is 0 Å². The van der Waals surface area contributed by atoms with E-state index in [1.54, 1.807) is 12.1 Å². The van der Waals surface area contributed by atoms with E-state index in [1.165, 1.54) is 23.5 Å². The van der Waals surface area contributed by atoms with Gasteiger partial charge in [0.05, 0.1) is 17.7 Å². The summed E-state index contributed by atoms with van der Waals surface area (Å²) in [6, 6.07) is 5.40. The molecule has 9 heteroatoms. The lowest BCUT2D eigenvalue weighted by atomic mass is 10.2. The van der Waals surface area contributed by atoms with Gasteiger partial charge in [-0.1, -0.05) is 5.16 Å². The maximum Gasteiger partial charge on any atom is 0.245 e. The molecule has 144 valence electrons. The van der Waals surface area contributed by atoms with Crippen LogP contribution in [0.3, 0.4) is 0 Å². The number of ether oxygens (including phenoxy) is 1. The minimum absolute atomic E-state index is 0.142. The maximum absolute atomic E-state index is 13.0. The molecule has 0 radical (unpaired) electrons. The molecule has 1 aliphatic heterocycles. The lowest BCUT2D eigenvalue weighted by Crippen LogP contribution is -2.43. The third-order valence-electron chi connectivity index (χ3n) is 5.12. The number of fused-ring (bicyclic) bond motifs is 1. The molecule has 2 aromatic rings. The molecule has 1 aromatic carbocycles. The van der Waals surface area contributed by atoms with Crippen LogP contribution in [0.4, 0.5) is 5.88 Å². The Morgan fingerprint density at radius 3 is 2.78 bits per heavy atom. The van der Waals surface area contributed by atoms with Crippen molar-refractivity contribution < 1.29 is 22.5 Å². The van der Waals surface area contributed by atoms with Crippen LogP contribution in [0.1, 0.15) is 30.5 Å². The SMILES string of the molecule is COc1ccc(S(=O)(=O)N2CCC[C@@H]2C(=O)Nc2onc3c2CCC3)cc1. The Kier molecular flexibility index (Phi) is 4.65. The number of anilines is 1. The molecule has 0 unspecified atom stereocenters. The number of carbonyl (C=O) groups excluding carboxylic acids is 1. The summed E-state index contributed by atoms with van der Waals surface area (Å²) in [4.78, 5) is 12.9. The quantitative estimate of drug-likeness (QED) is 0.836. The molecule has 0 spiro atoms. The number of aromatic nitrogens is 1. The number of carbonyl (C=O) groups is 1. The molecular formula is C18H21N3O5S. The molecular weight excluding hydrogens is 370 g/mol. The molecule has 0 bridgehead atoms. The number of nitrogens with one attached hydrogen (secondary N) is 1. The highest BCUT2D eigenvalue weighted by Crippen LogP contribution is 2.31. The average molecular weight is 391 g/mol. The summed E-state index contributed by atoms with van der Waals surface area (Å²) in [6.45, 7) is 0.307. The monoisotopic (exact) mass is 391 g/mol. The van der Waals surface area contributed by atoms with Gasteiger partial charge in [-0.2, -0.15) is 4.31 Å². The molecule has 0 saturated carbocycles. The lowest BCUT2D eigenvalue weighted by Gasteiger charge is -2.23. The van der Waals surface area contributed by atoms with Gasteiger partial charge in [-0.15, -0.1) is 0 Å². The Hall–Kier alpha value is -2.39. The van der Waals surface area contributed by atoms with Crippen molar-refractivity contribution in [3.63, 3.8) is 0 Å². The standard InChI is InChI=1S/C18H21N3O5S/c1-25-12-7-9-13(10-8-12)27(23,24)21-11-3-6-16(21)17(22)19-18-14-4-2-5-15(14)20-26-18/h7-10,16H,2-6,11H2,1H3,(H,19,22)/t16-/m1/s1. The summed E-state index contributed by atoms with van der Waals surface area (Å²) in [5.74, 6) is 0.542. The van der Waals surface area contributed by atoms with Crippen molar-refractivity contribution in [2.45, 2.75) is 43.0 Å². The third kappa shape index (κ3) is 3.21. The van der Waals surface area contributed by atoms with Crippen molar-refractivity contribution in [2.24, 2.45) is 0 Å². The molecule has 1 aromatic heterocycles. The van der Waals surface area contributed by atoms with Gasteiger partial charge in [0.1, 0.15) is 11.8 Å². The number of benzene rings is 1. The van der Waals surface area contributed by atoms with Crippen molar-refractivity contribution in [2.75, 3.05) is 19.0 Å². The molecule has 1 atom stereocenters. The smallest absolute Gasteiger partial charge is 0.245 e. The number of hydrogen-bond acceptors (Lipinski definition) is 6. The number of sulfonamides is 1. The number of aryl methyl sites for hydroxylation is 1. The highest BCUT2D eigenvalue weighted by molar-refractivity contribution is 7.89. The summed E-state index contributed by atoms with van der Waals surface area (Å²) in [7, 11) is -2.26. The molecule has 1 N–H and O–H groups in total. The molecule has 1 amide bonds. The van der Waals surface area contributed by atoms with E-state index in [4.69, 9.17) is 9.26 Å². The molecule has 2 heterocycles. The van der Waals surface area contributed by atoms with Gasteiger partial charge in [0.15, 0.2) is 0 Å². The van der Waals surface area contributed by atoms with Crippen LogP contribution in [0.15, 0.2) is 33.7 Å². The number of amides is 1. The first kappa shape index (κ1) is 18.0. The van der Waals surface area contributed by atoms with Crippen LogP contribution in [0.25, 0.3) is 0 Å². The zero-order valence-electron chi connectivity index (χ0n) is 15.0. The molecule has 1 saturated heterocycles. The van der Waals surface area contributed by atoms with E-state index in [0.29, 0.717) is 31.0 Å². The fourth-order valence-corrected chi connectivity index (χ4v) is 5.35. The maximum atomic E-state index is 13.0. The second-order valence-electron chi connectivity index (χ2n) is 6.73. The van der Waals surface area contributed by atoms with Crippen molar-refractivity contribution >= 4 is 21.8 Å². The summed E-state index contributed by atoms with van der Waals surface area (Å²) in [5.41, 5.74) is 1.80. The molecule has 4 rings (SSSR count). The lowest BCUT2D eigenvalue weighted by molar-refractivity contribution is -0.119. The fraction of sp³-hybridized carbons (Fsp3) is 0.444. The molecule has 1 fully saturated rings. The Morgan fingerprint density at radius 1 is 1.26 bits per heavy atom. The van der Waals surface area contributed by atoms with Gasteiger partial charge in [-0.05, 0) is 56.4 Å². The van der Waals surface area contributed by atoms with E-state index in [9.17, 15) is 13.2 Å². The Labute approximate surface area is 157 Å². The van der Waals surface area contributed by atoms with E-state index in [0.717, 1.165) is 30.5 Å². The van der Waals surface area contributed by atoms with Crippen molar-refractivity contribution in [3.05, 3.63) is 35.5 Å². The first-order chi connectivity index (χ1) is 13.0. The van der Waals surface area contributed by atoms with E-state index in [-0.39, 0.29) is 10.8 Å². The first-order valence-electron chi connectivity index (χ1n) is 8.95. The normalized spacial score (nSPS) is 19.8. The topological polar surface area (TPSA) is 102 Å². The number of rotatable bonds is 5. The van der Waals surface area contributed by atoms with Gasteiger partial charge < -0.3 is 9.26 Å². The molecule has 27 heavy (non-hydrogen) atoms. The van der Waals surface area contributed by atoms with Gasteiger partial charge in [0.25, 0.3) is 0 Å². The van der Waals surface area contributed by atoms with Gasteiger partial charge in [-0.25, -0.2) is 8.42 Å². The number of methoxy groups -OCH3 is 1. The summed E-state index contributed by atoms with van der Waals surface area (Å²) < 4.78 is 37.6. The second kappa shape index (κ2) is 6.97. The number of hydrogen-bond donors (Lipinski definition) is 1. The Balaban J connectivity index is 1.54. The van der Waals surface area contributed by atoms with Gasteiger partial charge in [0.2, 0.25) is 21.8 Å². The van der Waals surface area contributed by atoms with Crippen LogP contribution in [-0.2, 0) is 27.7 Å². The summed E-state index contributed by atoms with van der Waals surface area (Å²) in [6.07, 6.45) is 3.74. The number of nitrogens with zero attached hydrogens (tertiary/aromatic N) is 2. The van der Waals surface area contributed by atoms with Crippen LogP contribution in [0.5, 0.6) is 5.75 Å². The van der Waals surface area contributed by atoms with E-state index in [1.807, 2.05) is 0 Å². The summed E-state index contributed by atoms with van der Waals surface area (Å²) >= 11 is 0. The summed E-state index contributed by atoms with van der Waals surface area (Å²) in [5, 5.41) is 6.72. The van der Waals surface area contributed by atoms with Crippen molar-refractivity contribution in [1.82, 2.24) is 9.46 Å². The molecule has 2 aliphatic rings. The van der Waals surface area contributed by atoms with Crippen molar-refractivity contribution in [3.8, 4) is 5.75 Å².